The van der Waals surface area contributed by atoms with Crippen molar-refractivity contribution in [2.75, 3.05) is 17.3 Å². The van der Waals surface area contributed by atoms with E-state index in [2.05, 4.69) is 37.4 Å². The summed E-state index contributed by atoms with van der Waals surface area (Å²) in [5, 5.41) is 11.2. The monoisotopic (exact) mass is 403 g/mol. The Morgan fingerprint density at radius 3 is 2.97 bits per heavy atom. The van der Waals surface area contributed by atoms with E-state index in [1.54, 1.807) is 39.9 Å². The molecule has 4 aromatic rings. The quantitative estimate of drug-likeness (QED) is 0.542. The Hall–Kier alpha value is -3.56. The van der Waals surface area contributed by atoms with Gasteiger partial charge in [-0.2, -0.15) is 10.2 Å². The molecule has 10 heteroatoms. The van der Waals surface area contributed by atoms with E-state index in [4.69, 9.17) is 4.98 Å². The molecule has 2 aliphatic carbocycles. The number of carbonyl (C=O) groups excluding carboxylic acids is 1. The van der Waals surface area contributed by atoms with Gasteiger partial charge in [0, 0.05) is 31.0 Å². The number of hydrogen-bond acceptors (Lipinski definition) is 7. The first-order valence-corrected chi connectivity index (χ1v) is 10.1. The highest BCUT2D eigenvalue weighted by molar-refractivity contribution is 5.91. The lowest BCUT2D eigenvalue weighted by Crippen LogP contribution is -2.44. The van der Waals surface area contributed by atoms with Crippen molar-refractivity contribution in [2.24, 2.45) is 5.41 Å². The number of nitrogens with zero attached hydrogens (tertiary/aromatic N) is 8. The maximum atomic E-state index is 12.6. The molecule has 0 radical (unpaired) electrons. The topological polar surface area (TPSA) is 106 Å². The lowest BCUT2D eigenvalue weighted by Gasteiger charge is -2.42. The van der Waals surface area contributed by atoms with Crippen LogP contribution in [0.25, 0.3) is 16.8 Å². The molecule has 30 heavy (non-hydrogen) atoms. The molecule has 0 aromatic carbocycles. The van der Waals surface area contributed by atoms with Gasteiger partial charge < -0.3 is 10.2 Å². The molecule has 1 N–H and O–H groups in total. The highest BCUT2D eigenvalue weighted by Gasteiger charge is 2.54. The molecular weight excluding hydrogens is 382 g/mol. The fourth-order valence-corrected chi connectivity index (χ4v) is 4.34. The molecular formula is C20H21N9O. The highest BCUT2D eigenvalue weighted by Crippen LogP contribution is 2.61. The van der Waals surface area contributed by atoms with Crippen molar-refractivity contribution in [1.29, 1.82) is 0 Å². The molecule has 0 saturated heterocycles. The first-order valence-electron chi connectivity index (χ1n) is 10.1. The standard InChI is InChI=1S/C20H21N9O/c1-27(14-7-20(8-14)3-4-20)17-10-21-15-9-23-29(19(15)26-17)11-18(30)25-13-2-5-28-16(6-13)22-12-24-28/h2,5-6,9-10,12,14H,3-4,7-8,11H2,1H3,(H,25,30). The van der Waals surface area contributed by atoms with E-state index in [1.165, 1.54) is 32.0 Å². The van der Waals surface area contributed by atoms with Gasteiger partial charge in [-0.25, -0.2) is 24.1 Å². The molecule has 1 amide bonds. The maximum absolute atomic E-state index is 12.6. The third-order valence-electron chi connectivity index (χ3n) is 6.39. The van der Waals surface area contributed by atoms with E-state index in [9.17, 15) is 4.79 Å². The molecule has 0 aliphatic heterocycles. The van der Waals surface area contributed by atoms with Crippen LogP contribution < -0.4 is 10.2 Å². The van der Waals surface area contributed by atoms with Crippen LogP contribution in [0.3, 0.4) is 0 Å². The van der Waals surface area contributed by atoms with Gasteiger partial charge in [-0.1, -0.05) is 0 Å². The summed E-state index contributed by atoms with van der Waals surface area (Å²) in [6, 6.07) is 4.06. The fourth-order valence-electron chi connectivity index (χ4n) is 4.34. The zero-order valence-corrected chi connectivity index (χ0v) is 16.6. The minimum absolute atomic E-state index is 0.0513. The van der Waals surface area contributed by atoms with Crippen LogP contribution in [-0.2, 0) is 11.3 Å². The first-order chi connectivity index (χ1) is 14.6. The summed E-state index contributed by atoms with van der Waals surface area (Å²) in [7, 11) is 2.07. The van der Waals surface area contributed by atoms with Crippen LogP contribution in [0, 0.1) is 5.41 Å². The van der Waals surface area contributed by atoms with Gasteiger partial charge in [0.25, 0.3) is 0 Å². The molecule has 6 rings (SSSR count). The second-order valence-electron chi connectivity index (χ2n) is 8.44. The van der Waals surface area contributed by atoms with Gasteiger partial charge >= 0.3 is 0 Å². The lowest BCUT2D eigenvalue weighted by atomic mass is 9.76. The van der Waals surface area contributed by atoms with Gasteiger partial charge in [-0.3, -0.25) is 4.79 Å². The van der Waals surface area contributed by atoms with Crippen LogP contribution in [0.1, 0.15) is 25.7 Å². The van der Waals surface area contributed by atoms with Crippen LogP contribution in [-0.4, -0.2) is 53.3 Å². The van der Waals surface area contributed by atoms with E-state index in [0.29, 0.717) is 34.0 Å². The molecule has 4 aromatic heterocycles. The van der Waals surface area contributed by atoms with E-state index >= 15 is 0 Å². The molecule has 0 atom stereocenters. The van der Waals surface area contributed by atoms with Crippen molar-refractivity contribution in [2.45, 2.75) is 38.3 Å². The zero-order chi connectivity index (χ0) is 20.3. The SMILES string of the molecule is CN(c1cnc2cnn(CC(=O)Nc3ccn4ncnc4c3)c2n1)C1CC2(CC2)C1. The Morgan fingerprint density at radius 1 is 1.27 bits per heavy atom. The largest absolute Gasteiger partial charge is 0.355 e. The summed E-state index contributed by atoms with van der Waals surface area (Å²) in [5.41, 5.74) is 3.24. The number of carbonyl (C=O) groups is 1. The summed E-state index contributed by atoms with van der Waals surface area (Å²) in [6.45, 7) is 0.0513. The Morgan fingerprint density at radius 2 is 2.13 bits per heavy atom. The van der Waals surface area contributed by atoms with Crippen LogP contribution >= 0.6 is 0 Å². The van der Waals surface area contributed by atoms with E-state index < -0.39 is 0 Å². The minimum atomic E-state index is -0.195. The van der Waals surface area contributed by atoms with Crippen molar-refractivity contribution in [3.63, 3.8) is 0 Å². The lowest BCUT2D eigenvalue weighted by molar-refractivity contribution is -0.116. The molecule has 0 unspecified atom stereocenters. The Kier molecular flexibility index (Phi) is 3.59. The molecule has 152 valence electrons. The second-order valence-corrected chi connectivity index (χ2v) is 8.44. The summed E-state index contributed by atoms with van der Waals surface area (Å²) in [4.78, 5) is 28.2. The van der Waals surface area contributed by atoms with Gasteiger partial charge in [0.05, 0.1) is 12.4 Å². The number of pyridine rings is 1. The van der Waals surface area contributed by atoms with Crippen LogP contribution in [0.15, 0.2) is 37.1 Å². The summed E-state index contributed by atoms with van der Waals surface area (Å²) >= 11 is 0. The Balaban J connectivity index is 1.19. The summed E-state index contributed by atoms with van der Waals surface area (Å²) < 4.78 is 3.23. The predicted molar refractivity (Wildman–Crippen MR) is 110 cm³/mol. The second kappa shape index (κ2) is 6.22. The van der Waals surface area contributed by atoms with Crippen LogP contribution in [0.5, 0.6) is 0 Å². The van der Waals surface area contributed by atoms with Crippen LogP contribution in [0.2, 0.25) is 0 Å². The van der Waals surface area contributed by atoms with Gasteiger partial charge in [0.1, 0.15) is 24.2 Å². The number of anilines is 2. The minimum Gasteiger partial charge on any atom is -0.355 e. The molecule has 2 saturated carbocycles. The van der Waals surface area contributed by atoms with Gasteiger partial charge in [0.2, 0.25) is 5.91 Å². The predicted octanol–water partition coefficient (Wildman–Crippen LogP) is 1.89. The maximum Gasteiger partial charge on any atom is 0.246 e. The van der Waals surface area contributed by atoms with Crippen molar-refractivity contribution in [3.05, 3.63) is 37.1 Å². The summed E-state index contributed by atoms with van der Waals surface area (Å²) in [6.07, 6.45) is 11.9. The Labute approximate surface area is 171 Å². The molecule has 4 heterocycles. The Bertz CT molecular complexity index is 1260. The number of fused-ring (bicyclic) bond motifs is 2. The highest BCUT2D eigenvalue weighted by atomic mass is 16.2. The number of nitrogens with one attached hydrogen (secondary N) is 1. The van der Waals surface area contributed by atoms with Crippen molar-refractivity contribution < 1.29 is 4.79 Å². The van der Waals surface area contributed by atoms with Crippen LogP contribution in [0.4, 0.5) is 11.5 Å². The number of aromatic nitrogens is 7. The van der Waals surface area contributed by atoms with E-state index in [1.807, 2.05) is 0 Å². The molecule has 2 fully saturated rings. The molecule has 1 spiro atoms. The smallest absolute Gasteiger partial charge is 0.246 e. The summed E-state index contributed by atoms with van der Waals surface area (Å²) in [5.74, 6) is 0.626. The normalized spacial score (nSPS) is 17.4. The first kappa shape index (κ1) is 17.3. The fraction of sp³-hybridized carbons (Fsp3) is 0.400. The molecule has 10 nitrogen and oxygen atoms in total. The number of hydrogen-bond donors (Lipinski definition) is 1. The average molecular weight is 403 g/mol. The molecule has 0 bridgehead atoms. The van der Waals surface area contributed by atoms with Crippen molar-refractivity contribution >= 4 is 34.2 Å². The van der Waals surface area contributed by atoms with Gasteiger partial charge in [-0.05, 0) is 37.2 Å². The third kappa shape index (κ3) is 2.87. The third-order valence-corrected chi connectivity index (χ3v) is 6.39. The average Bonchev–Trinajstić information content (AvgIpc) is 3.23. The number of rotatable bonds is 5. The van der Waals surface area contributed by atoms with Crippen molar-refractivity contribution in [3.8, 4) is 0 Å². The van der Waals surface area contributed by atoms with Gasteiger partial charge in [-0.15, -0.1) is 0 Å². The van der Waals surface area contributed by atoms with E-state index in [0.717, 1.165) is 5.82 Å². The van der Waals surface area contributed by atoms with Gasteiger partial charge in [0.15, 0.2) is 11.3 Å². The molecule has 2 aliphatic rings. The van der Waals surface area contributed by atoms with Crippen molar-refractivity contribution in [1.82, 2.24) is 34.3 Å². The number of amides is 1. The zero-order valence-electron chi connectivity index (χ0n) is 16.6. The van der Waals surface area contributed by atoms with E-state index in [-0.39, 0.29) is 12.5 Å².